The van der Waals surface area contributed by atoms with Crippen LogP contribution in [0, 0.1) is 23.7 Å². The molecule has 0 amide bonds. The Morgan fingerprint density at radius 1 is 1.35 bits per heavy atom. The fourth-order valence-corrected chi connectivity index (χ4v) is 3.71. The number of fused-ring (bicyclic) bond motifs is 2. The van der Waals surface area contributed by atoms with Gasteiger partial charge in [-0.3, -0.25) is 4.79 Å². The zero-order chi connectivity index (χ0) is 12.6. The Labute approximate surface area is 104 Å². The first-order chi connectivity index (χ1) is 8.04. The van der Waals surface area contributed by atoms with Crippen LogP contribution in [0.5, 0.6) is 0 Å². The van der Waals surface area contributed by atoms with Crippen LogP contribution in [-0.4, -0.2) is 23.2 Å². The van der Waals surface area contributed by atoms with Crippen LogP contribution in [0.3, 0.4) is 0 Å². The SMILES string of the molecule is CCC(C)C(C)NC1C2CCC(C2)C1C(=O)O. The summed E-state index contributed by atoms with van der Waals surface area (Å²) >= 11 is 0. The Morgan fingerprint density at radius 3 is 2.59 bits per heavy atom. The van der Waals surface area contributed by atoms with Crippen LogP contribution >= 0.6 is 0 Å². The van der Waals surface area contributed by atoms with Gasteiger partial charge in [-0.05, 0) is 43.9 Å². The summed E-state index contributed by atoms with van der Waals surface area (Å²) in [6, 6.07) is 0.640. The van der Waals surface area contributed by atoms with Gasteiger partial charge in [0.1, 0.15) is 0 Å². The van der Waals surface area contributed by atoms with Crippen LogP contribution in [0.15, 0.2) is 0 Å². The molecule has 3 heteroatoms. The van der Waals surface area contributed by atoms with Crippen molar-refractivity contribution in [2.75, 3.05) is 0 Å². The summed E-state index contributed by atoms with van der Waals surface area (Å²) in [4.78, 5) is 11.4. The molecule has 0 radical (unpaired) electrons. The fourth-order valence-electron chi connectivity index (χ4n) is 3.71. The second-order valence-corrected chi connectivity index (χ2v) is 6.06. The second-order valence-electron chi connectivity index (χ2n) is 6.06. The first-order valence-corrected chi connectivity index (χ1v) is 7.03. The third-order valence-corrected chi connectivity index (χ3v) is 5.15. The average molecular weight is 239 g/mol. The van der Waals surface area contributed by atoms with Crippen LogP contribution in [0.1, 0.15) is 46.5 Å². The molecule has 2 saturated carbocycles. The maximum atomic E-state index is 11.4. The van der Waals surface area contributed by atoms with Gasteiger partial charge in [0.05, 0.1) is 5.92 Å². The zero-order valence-corrected chi connectivity index (χ0v) is 11.1. The third-order valence-electron chi connectivity index (χ3n) is 5.15. The highest BCUT2D eigenvalue weighted by atomic mass is 16.4. The molecule has 0 spiro atoms. The lowest BCUT2D eigenvalue weighted by Crippen LogP contribution is -2.49. The first-order valence-electron chi connectivity index (χ1n) is 7.03. The summed E-state index contributed by atoms with van der Waals surface area (Å²) in [6.45, 7) is 6.62. The molecule has 0 aromatic rings. The van der Waals surface area contributed by atoms with Gasteiger partial charge in [-0.2, -0.15) is 0 Å². The number of hydrogen-bond acceptors (Lipinski definition) is 2. The molecule has 2 rings (SSSR count). The van der Waals surface area contributed by atoms with Crippen molar-refractivity contribution in [2.24, 2.45) is 23.7 Å². The number of carbonyl (C=O) groups is 1. The minimum absolute atomic E-state index is 0.139. The van der Waals surface area contributed by atoms with E-state index in [-0.39, 0.29) is 12.0 Å². The highest BCUT2D eigenvalue weighted by molar-refractivity contribution is 5.72. The van der Waals surface area contributed by atoms with Crippen LogP contribution in [0.25, 0.3) is 0 Å². The van der Waals surface area contributed by atoms with Gasteiger partial charge in [0.15, 0.2) is 0 Å². The summed E-state index contributed by atoms with van der Waals surface area (Å²) in [5.41, 5.74) is 0. The molecule has 0 heterocycles. The van der Waals surface area contributed by atoms with E-state index in [4.69, 9.17) is 0 Å². The average Bonchev–Trinajstić information content (AvgIpc) is 2.87. The van der Waals surface area contributed by atoms with Crippen molar-refractivity contribution in [3.63, 3.8) is 0 Å². The lowest BCUT2D eigenvalue weighted by molar-refractivity contribution is -0.144. The zero-order valence-electron chi connectivity index (χ0n) is 11.1. The molecule has 2 aliphatic rings. The van der Waals surface area contributed by atoms with E-state index in [1.807, 2.05) is 0 Å². The Balaban J connectivity index is 2.01. The Morgan fingerprint density at radius 2 is 2.00 bits per heavy atom. The fraction of sp³-hybridized carbons (Fsp3) is 0.929. The largest absolute Gasteiger partial charge is 0.481 e. The second kappa shape index (κ2) is 4.97. The molecule has 6 unspecified atom stereocenters. The molecular weight excluding hydrogens is 214 g/mol. The number of rotatable bonds is 5. The van der Waals surface area contributed by atoms with E-state index < -0.39 is 5.97 Å². The predicted molar refractivity (Wildman–Crippen MR) is 67.8 cm³/mol. The topological polar surface area (TPSA) is 49.3 Å². The number of aliphatic carboxylic acids is 1. The highest BCUT2D eigenvalue weighted by Gasteiger charge is 2.51. The molecular formula is C14H25NO2. The quantitative estimate of drug-likeness (QED) is 0.775. The minimum Gasteiger partial charge on any atom is -0.481 e. The van der Waals surface area contributed by atoms with Crippen LogP contribution < -0.4 is 5.32 Å². The van der Waals surface area contributed by atoms with Crippen molar-refractivity contribution < 1.29 is 9.90 Å². The molecule has 3 nitrogen and oxygen atoms in total. The van der Waals surface area contributed by atoms with Crippen LogP contribution in [0.4, 0.5) is 0 Å². The van der Waals surface area contributed by atoms with Crippen LogP contribution in [-0.2, 0) is 4.79 Å². The Hall–Kier alpha value is -0.570. The van der Waals surface area contributed by atoms with Crippen molar-refractivity contribution in [3.8, 4) is 0 Å². The predicted octanol–water partition coefficient (Wildman–Crippen LogP) is 2.51. The van der Waals surface area contributed by atoms with E-state index in [1.54, 1.807) is 0 Å². The normalized spacial score (nSPS) is 39.2. The van der Waals surface area contributed by atoms with Crippen LogP contribution in [0.2, 0.25) is 0 Å². The summed E-state index contributed by atoms with van der Waals surface area (Å²) in [5.74, 6) is 0.918. The van der Waals surface area contributed by atoms with Gasteiger partial charge in [0, 0.05) is 12.1 Å². The number of hydrogen-bond donors (Lipinski definition) is 2. The molecule has 0 aromatic carbocycles. The van der Waals surface area contributed by atoms with E-state index in [0.29, 0.717) is 23.8 Å². The minimum atomic E-state index is -0.592. The molecule has 2 fully saturated rings. The lowest BCUT2D eigenvalue weighted by atomic mass is 9.83. The maximum absolute atomic E-state index is 11.4. The monoisotopic (exact) mass is 239 g/mol. The molecule has 0 aromatic heterocycles. The number of carboxylic acids is 1. The van der Waals surface area contributed by atoms with E-state index in [1.165, 1.54) is 6.42 Å². The third kappa shape index (κ3) is 2.35. The molecule has 0 aliphatic heterocycles. The number of nitrogens with one attached hydrogen (secondary N) is 1. The maximum Gasteiger partial charge on any atom is 0.308 e. The molecule has 2 aliphatic carbocycles. The smallest absolute Gasteiger partial charge is 0.308 e. The van der Waals surface area contributed by atoms with Gasteiger partial charge in [0.25, 0.3) is 0 Å². The molecule has 2 N–H and O–H groups in total. The van der Waals surface area contributed by atoms with Gasteiger partial charge in [-0.1, -0.05) is 20.3 Å². The van der Waals surface area contributed by atoms with Gasteiger partial charge in [-0.15, -0.1) is 0 Å². The molecule has 2 bridgehead atoms. The first kappa shape index (κ1) is 12.9. The van der Waals surface area contributed by atoms with Crippen molar-refractivity contribution in [2.45, 2.75) is 58.5 Å². The van der Waals surface area contributed by atoms with Gasteiger partial charge < -0.3 is 10.4 Å². The van der Waals surface area contributed by atoms with E-state index in [2.05, 4.69) is 26.1 Å². The number of carboxylic acid groups (broad SMARTS) is 1. The molecule has 98 valence electrons. The molecule has 6 atom stereocenters. The Bertz CT molecular complexity index is 292. The summed E-state index contributed by atoms with van der Waals surface area (Å²) < 4.78 is 0. The molecule has 0 saturated heterocycles. The highest BCUT2D eigenvalue weighted by Crippen LogP contribution is 2.48. The van der Waals surface area contributed by atoms with Gasteiger partial charge in [0.2, 0.25) is 0 Å². The summed E-state index contributed by atoms with van der Waals surface area (Å²) in [5, 5.41) is 13.0. The summed E-state index contributed by atoms with van der Waals surface area (Å²) in [6.07, 6.45) is 4.62. The lowest BCUT2D eigenvalue weighted by Gasteiger charge is -2.33. The standard InChI is InChI=1S/C14H25NO2/c1-4-8(2)9(3)15-13-11-6-5-10(7-11)12(13)14(16)17/h8-13,15H,4-7H2,1-3H3,(H,16,17). The van der Waals surface area contributed by atoms with E-state index in [9.17, 15) is 9.90 Å². The molecule has 17 heavy (non-hydrogen) atoms. The van der Waals surface area contributed by atoms with Crippen molar-refractivity contribution in [1.29, 1.82) is 0 Å². The Kier molecular flexibility index (Phi) is 3.76. The summed E-state index contributed by atoms with van der Waals surface area (Å²) in [7, 11) is 0. The van der Waals surface area contributed by atoms with Gasteiger partial charge >= 0.3 is 5.97 Å². The van der Waals surface area contributed by atoms with E-state index >= 15 is 0 Å². The van der Waals surface area contributed by atoms with Crippen molar-refractivity contribution in [3.05, 3.63) is 0 Å². The van der Waals surface area contributed by atoms with Crippen molar-refractivity contribution in [1.82, 2.24) is 5.32 Å². The van der Waals surface area contributed by atoms with E-state index in [0.717, 1.165) is 19.3 Å². The van der Waals surface area contributed by atoms with Crippen molar-refractivity contribution >= 4 is 5.97 Å². The van der Waals surface area contributed by atoms with Gasteiger partial charge in [-0.25, -0.2) is 0 Å².